The molecule has 0 spiro atoms. The van der Waals surface area contributed by atoms with E-state index >= 15 is 0 Å². The lowest BCUT2D eigenvalue weighted by atomic mass is 9.79. The van der Waals surface area contributed by atoms with Gasteiger partial charge in [0.1, 0.15) is 0 Å². The number of nitrogens with one attached hydrogen (secondary N) is 1. The van der Waals surface area contributed by atoms with Gasteiger partial charge >= 0.3 is 5.97 Å². The van der Waals surface area contributed by atoms with Crippen LogP contribution in [0.1, 0.15) is 29.8 Å². The molecule has 1 aliphatic heterocycles. The second-order valence-electron chi connectivity index (χ2n) is 7.99. The minimum atomic E-state index is -0.983. The number of aliphatic carboxylic acids is 1. The van der Waals surface area contributed by atoms with Crippen LogP contribution in [0.25, 0.3) is 6.08 Å². The first-order valence-electron chi connectivity index (χ1n) is 10.6. The number of hydrogen-bond donors (Lipinski definition) is 2. The van der Waals surface area contributed by atoms with Crippen molar-refractivity contribution in [2.75, 3.05) is 26.2 Å². The van der Waals surface area contributed by atoms with Gasteiger partial charge in [-0.25, -0.2) is 9.78 Å². The molecule has 6 heteroatoms. The third kappa shape index (κ3) is 4.45. The van der Waals surface area contributed by atoms with Crippen molar-refractivity contribution >= 4 is 12.0 Å². The Morgan fingerprint density at radius 3 is 2.39 bits per heavy atom. The number of benzene rings is 2. The first kappa shape index (κ1) is 21.0. The molecule has 1 aliphatic rings. The molecule has 2 aromatic carbocycles. The third-order valence-electron chi connectivity index (χ3n) is 6.06. The molecule has 1 fully saturated rings. The summed E-state index contributed by atoms with van der Waals surface area (Å²) in [6, 6.07) is 21.2. The maximum atomic E-state index is 11.0. The highest BCUT2D eigenvalue weighted by atomic mass is 16.4. The summed E-state index contributed by atoms with van der Waals surface area (Å²) < 4.78 is 2.13. The Bertz CT molecular complexity index is 1030. The van der Waals surface area contributed by atoms with E-state index in [2.05, 4.69) is 75.2 Å². The molecule has 1 aromatic heterocycles. The van der Waals surface area contributed by atoms with Crippen LogP contribution in [0.15, 0.2) is 79.3 Å². The van der Waals surface area contributed by atoms with Gasteiger partial charge < -0.3 is 15.0 Å². The number of carboxylic acids is 1. The highest BCUT2D eigenvalue weighted by molar-refractivity contribution is 5.84. The second kappa shape index (κ2) is 9.29. The smallest absolute Gasteiger partial charge is 0.328 e. The molecule has 3 aromatic rings. The Morgan fingerprint density at radius 1 is 1.10 bits per heavy atom. The topological polar surface area (TPSA) is 70.4 Å². The van der Waals surface area contributed by atoms with E-state index in [9.17, 15) is 4.79 Å². The van der Waals surface area contributed by atoms with Crippen LogP contribution in [-0.2, 0) is 10.3 Å². The Labute approximate surface area is 182 Å². The van der Waals surface area contributed by atoms with Gasteiger partial charge in [0.2, 0.25) is 0 Å². The third-order valence-corrected chi connectivity index (χ3v) is 6.06. The molecule has 1 saturated heterocycles. The predicted molar refractivity (Wildman–Crippen MR) is 122 cm³/mol. The van der Waals surface area contributed by atoms with Crippen LogP contribution in [0.3, 0.4) is 0 Å². The van der Waals surface area contributed by atoms with Crippen molar-refractivity contribution in [1.82, 2.24) is 19.8 Å². The molecule has 2 unspecified atom stereocenters. The summed E-state index contributed by atoms with van der Waals surface area (Å²) in [6.07, 6.45) is 6.40. The van der Waals surface area contributed by atoms with Crippen LogP contribution in [0, 0.1) is 0 Å². The zero-order valence-corrected chi connectivity index (χ0v) is 17.7. The van der Waals surface area contributed by atoms with Gasteiger partial charge in [-0.05, 0) is 24.1 Å². The van der Waals surface area contributed by atoms with Crippen molar-refractivity contribution in [3.05, 3.63) is 96.1 Å². The molecule has 4 rings (SSSR count). The summed E-state index contributed by atoms with van der Waals surface area (Å²) >= 11 is 0. The van der Waals surface area contributed by atoms with Crippen LogP contribution in [0.5, 0.6) is 0 Å². The first-order chi connectivity index (χ1) is 15.1. The van der Waals surface area contributed by atoms with E-state index < -0.39 is 11.5 Å². The van der Waals surface area contributed by atoms with Gasteiger partial charge in [-0.15, -0.1) is 0 Å². The quantitative estimate of drug-likeness (QED) is 0.578. The maximum Gasteiger partial charge on any atom is 0.328 e. The number of imidazole rings is 1. The molecule has 2 N–H and O–H groups in total. The van der Waals surface area contributed by atoms with Gasteiger partial charge in [-0.1, -0.05) is 60.7 Å². The lowest BCUT2D eigenvalue weighted by Gasteiger charge is -2.47. The molecule has 31 heavy (non-hydrogen) atoms. The minimum Gasteiger partial charge on any atom is -0.478 e. The van der Waals surface area contributed by atoms with Crippen LogP contribution in [0.2, 0.25) is 0 Å². The average Bonchev–Trinajstić information content (AvgIpc) is 3.29. The van der Waals surface area contributed by atoms with Crippen LogP contribution in [0.4, 0.5) is 0 Å². The Kier molecular flexibility index (Phi) is 6.30. The standard InChI is InChI=1S/C25H28N4O2/c1-25(21-10-6-3-7-11-21,29-18-22(27-19-29)12-13-23(30)31)24(20-8-4-2-5-9-20)28-16-14-26-15-17-28/h2-13,18-19,24,26H,14-17H2,1H3,(H,30,31). The fourth-order valence-electron chi connectivity index (χ4n) is 4.53. The lowest BCUT2D eigenvalue weighted by Crippen LogP contribution is -2.52. The molecule has 2 heterocycles. The molecular weight excluding hydrogens is 388 g/mol. The predicted octanol–water partition coefficient (Wildman–Crippen LogP) is 3.39. The fraction of sp³-hybridized carbons (Fsp3) is 0.280. The van der Waals surface area contributed by atoms with Gasteiger partial charge in [-0.2, -0.15) is 0 Å². The summed E-state index contributed by atoms with van der Waals surface area (Å²) in [7, 11) is 0. The van der Waals surface area contributed by atoms with Crippen molar-refractivity contribution in [3.63, 3.8) is 0 Å². The van der Waals surface area contributed by atoms with Crippen LogP contribution in [-0.4, -0.2) is 51.7 Å². The Balaban J connectivity index is 1.87. The van der Waals surface area contributed by atoms with Gasteiger partial charge in [0, 0.05) is 38.5 Å². The van der Waals surface area contributed by atoms with Crippen molar-refractivity contribution < 1.29 is 9.90 Å². The van der Waals surface area contributed by atoms with Gasteiger partial charge in [-0.3, -0.25) is 4.90 Å². The number of aromatic nitrogens is 2. The largest absolute Gasteiger partial charge is 0.478 e. The number of piperazine rings is 1. The van der Waals surface area contributed by atoms with Gasteiger partial charge in [0.25, 0.3) is 0 Å². The molecule has 0 aliphatic carbocycles. The number of rotatable bonds is 7. The Hall–Kier alpha value is -3.22. The lowest BCUT2D eigenvalue weighted by molar-refractivity contribution is -0.131. The SMILES string of the molecule is CC(c1ccccc1)(C(c1ccccc1)N1CCNCC1)n1cnc(C=CC(=O)O)c1. The van der Waals surface area contributed by atoms with Crippen molar-refractivity contribution in [2.24, 2.45) is 0 Å². The highest BCUT2D eigenvalue weighted by Gasteiger charge is 2.42. The molecule has 2 atom stereocenters. The summed E-state index contributed by atoms with van der Waals surface area (Å²) in [4.78, 5) is 18.0. The van der Waals surface area contributed by atoms with Crippen molar-refractivity contribution in [1.29, 1.82) is 0 Å². The van der Waals surface area contributed by atoms with E-state index in [0.29, 0.717) is 5.69 Å². The van der Waals surface area contributed by atoms with E-state index in [-0.39, 0.29) is 6.04 Å². The molecule has 0 radical (unpaired) electrons. The molecule has 0 amide bonds. The first-order valence-corrected chi connectivity index (χ1v) is 10.6. The van der Waals surface area contributed by atoms with E-state index in [1.165, 1.54) is 17.2 Å². The van der Waals surface area contributed by atoms with Crippen molar-refractivity contribution in [2.45, 2.75) is 18.5 Å². The average molecular weight is 417 g/mol. The fourth-order valence-corrected chi connectivity index (χ4v) is 4.53. The zero-order chi connectivity index (χ0) is 21.7. The maximum absolute atomic E-state index is 11.0. The van der Waals surface area contributed by atoms with E-state index in [4.69, 9.17) is 5.11 Å². The molecular formula is C25H28N4O2. The monoisotopic (exact) mass is 416 g/mol. The van der Waals surface area contributed by atoms with E-state index in [1.54, 1.807) is 0 Å². The number of carboxylic acid groups (broad SMARTS) is 1. The van der Waals surface area contributed by atoms with Crippen LogP contribution >= 0.6 is 0 Å². The normalized spacial score (nSPS) is 18.0. The van der Waals surface area contributed by atoms with E-state index in [0.717, 1.165) is 32.3 Å². The zero-order valence-electron chi connectivity index (χ0n) is 17.7. The number of carbonyl (C=O) groups is 1. The number of nitrogens with zero attached hydrogens (tertiary/aromatic N) is 3. The van der Waals surface area contributed by atoms with E-state index in [1.807, 2.05) is 24.7 Å². The molecule has 6 nitrogen and oxygen atoms in total. The van der Waals surface area contributed by atoms with Crippen LogP contribution < -0.4 is 5.32 Å². The summed E-state index contributed by atoms with van der Waals surface area (Å²) in [5.74, 6) is -0.983. The van der Waals surface area contributed by atoms with Gasteiger partial charge in [0.05, 0.1) is 23.6 Å². The molecule has 0 bridgehead atoms. The summed E-state index contributed by atoms with van der Waals surface area (Å²) in [5.41, 5.74) is 2.58. The number of hydrogen-bond acceptors (Lipinski definition) is 4. The highest BCUT2D eigenvalue weighted by Crippen LogP contribution is 2.43. The Morgan fingerprint density at radius 2 is 1.74 bits per heavy atom. The van der Waals surface area contributed by atoms with Gasteiger partial charge in [0.15, 0.2) is 0 Å². The second-order valence-corrected chi connectivity index (χ2v) is 7.99. The minimum absolute atomic E-state index is 0.0729. The summed E-state index contributed by atoms with van der Waals surface area (Å²) in [5, 5.41) is 12.5. The molecule has 0 saturated carbocycles. The molecule has 160 valence electrons. The summed E-state index contributed by atoms with van der Waals surface area (Å²) in [6.45, 7) is 6.04. The van der Waals surface area contributed by atoms with Crippen molar-refractivity contribution in [3.8, 4) is 0 Å².